The fourth-order valence-electron chi connectivity index (χ4n) is 1.31. The molecule has 3 amide bonds. The number of rotatable bonds is 6. The van der Waals surface area contributed by atoms with Gasteiger partial charge >= 0.3 is 12.0 Å². The lowest BCUT2D eigenvalue weighted by molar-refractivity contribution is -0.131. The minimum absolute atomic E-state index is 0.221. The van der Waals surface area contributed by atoms with Crippen molar-refractivity contribution in [2.45, 2.75) is 0 Å². The van der Waals surface area contributed by atoms with E-state index in [0.29, 0.717) is 22.8 Å². The van der Waals surface area contributed by atoms with Crippen molar-refractivity contribution in [2.24, 2.45) is 0 Å². The van der Waals surface area contributed by atoms with Crippen LogP contribution in [0.15, 0.2) is 18.2 Å². The smallest absolute Gasteiger partial charge is 0.328 e. The zero-order valence-corrected chi connectivity index (χ0v) is 12.6. The highest BCUT2D eigenvalue weighted by Crippen LogP contribution is 2.17. The highest BCUT2D eigenvalue weighted by atomic mass is 32.1. The number of hydrogen-bond acceptors (Lipinski definition) is 4. The van der Waals surface area contributed by atoms with Crippen LogP contribution in [0.4, 0.5) is 4.79 Å². The van der Waals surface area contributed by atoms with Gasteiger partial charge in [0.05, 0.1) is 4.88 Å². The molecule has 21 heavy (non-hydrogen) atoms. The van der Waals surface area contributed by atoms with Gasteiger partial charge in [-0.15, -0.1) is 11.3 Å². The van der Waals surface area contributed by atoms with Crippen LogP contribution < -0.4 is 10.6 Å². The summed E-state index contributed by atoms with van der Waals surface area (Å²) in [7, 11) is 3.26. The number of carbonyl (C=O) groups excluding carboxylic acids is 2. The minimum atomic E-state index is -1.04. The predicted molar refractivity (Wildman–Crippen MR) is 80.4 cm³/mol. The van der Waals surface area contributed by atoms with E-state index in [2.05, 4.69) is 10.6 Å². The molecule has 0 atom stereocenters. The standard InChI is InChI=1S/C13H17N3O4S/c1-16(2)13(20)15-8-7-14-12(19)10-5-3-9(21-10)4-6-11(17)18/h3-6H,7-8H2,1-2H3,(H,14,19)(H,15,20)(H,17,18)/b6-4+. The quantitative estimate of drug-likeness (QED) is 0.535. The molecule has 0 bridgehead atoms. The largest absolute Gasteiger partial charge is 0.478 e. The molecule has 0 aromatic carbocycles. The summed E-state index contributed by atoms with van der Waals surface area (Å²) in [5.41, 5.74) is 0. The van der Waals surface area contributed by atoms with E-state index >= 15 is 0 Å². The molecule has 0 saturated heterocycles. The van der Waals surface area contributed by atoms with Crippen molar-refractivity contribution >= 4 is 35.3 Å². The van der Waals surface area contributed by atoms with E-state index in [0.717, 1.165) is 6.08 Å². The monoisotopic (exact) mass is 311 g/mol. The second-order valence-electron chi connectivity index (χ2n) is 4.26. The predicted octanol–water partition coefficient (Wildman–Crippen LogP) is 0.847. The molecule has 0 aliphatic carbocycles. The lowest BCUT2D eigenvalue weighted by atomic mass is 10.4. The van der Waals surface area contributed by atoms with Gasteiger partial charge in [0.25, 0.3) is 5.91 Å². The molecule has 1 aromatic rings. The Kier molecular flexibility index (Phi) is 6.41. The first-order valence-corrected chi connectivity index (χ1v) is 6.96. The number of carboxylic acids is 1. The molecule has 0 saturated carbocycles. The molecule has 0 unspecified atom stereocenters. The third kappa shape index (κ3) is 6.09. The topological polar surface area (TPSA) is 98.7 Å². The lowest BCUT2D eigenvalue weighted by Crippen LogP contribution is -2.39. The Morgan fingerprint density at radius 1 is 1.24 bits per heavy atom. The third-order valence-corrected chi connectivity index (χ3v) is 3.38. The Morgan fingerprint density at radius 2 is 1.90 bits per heavy atom. The summed E-state index contributed by atoms with van der Waals surface area (Å²) in [5.74, 6) is -1.29. The first-order chi connectivity index (χ1) is 9.90. The Balaban J connectivity index is 2.39. The third-order valence-electron chi connectivity index (χ3n) is 2.33. The van der Waals surface area contributed by atoms with Gasteiger partial charge in [-0.25, -0.2) is 9.59 Å². The zero-order valence-electron chi connectivity index (χ0n) is 11.8. The van der Waals surface area contributed by atoms with Crippen LogP contribution in [-0.4, -0.2) is 55.1 Å². The van der Waals surface area contributed by atoms with Gasteiger partial charge in [-0.05, 0) is 18.2 Å². The van der Waals surface area contributed by atoms with Gasteiger partial charge < -0.3 is 20.6 Å². The fourth-order valence-corrected chi connectivity index (χ4v) is 2.14. The summed E-state index contributed by atoms with van der Waals surface area (Å²) in [6.45, 7) is 0.649. The van der Waals surface area contributed by atoms with Crippen LogP contribution in [0.2, 0.25) is 0 Å². The first-order valence-electron chi connectivity index (χ1n) is 6.14. The summed E-state index contributed by atoms with van der Waals surface area (Å²) in [4.78, 5) is 36.0. The molecule has 0 radical (unpaired) electrons. The maximum absolute atomic E-state index is 11.8. The molecule has 0 aliphatic heterocycles. The van der Waals surface area contributed by atoms with Gasteiger partial charge in [-0.2, -0.15) is 0 Å². The van der Waals surface area contributed by atoms with Crippen molar-refractivity contribution in [2.75, 3.05) is 27.2 Å². The molecular formula is C13H17N3O4S. The van der Waals surface area contributed by atoms with Crippen LogP contribution in [0.3, 0.4) is 0 Å². The van der Waals surface area contributed by atoms with E-state index in [9.17, 15) is 14.4 Å². The zero-order chi connectivity index (χ0) is 15.8. The van der Waals surface area contributed by atoms with Gasteiger partial charge in [-0.3, -0.25) is 4.79 Å². The van der Waals surface area contributed by atoms with Gasteiger partial charge in [0.1, 0.15) is 0 Å². The number of carbonyl (C=O) groups is 3. The van der Waals surface area contributed by atoms with Crippen molar-refractivity contribution in [3.63, 3.8) is 0 Å². The van der Waals surface area contributed by atoms with E-state index in [4.69, 9.17) is 5.11 Å². The number of nitrogens with one attached hydrogen (secondary N) is 2. The van der Waals surface area contributed by atoms with E-state index in [1.54, 1.807) is 26.2 Å². The van der Waals surface area contributed by atoms with E-state index in [-0.39, 0.29) is 11.9 Å². The minimum Gasteiger partial charge on any atom is -0.478 e. The van der Waals surface area contributed by atoms with E-state index < -0.39 is 5.97 Å². The molecule has 0 aliphatic rings. The van der Waals surface area contributed by atoms with Crippen LogP contribution in [0, 0.1) is 0 Å². The average Bonchev–Trinajstić information content (AvgIpc) is 2.89. The Hall–Kier alpha value is -2.35. The molecule has 114 valence electrons. The first kappa shape index (κ1) is 16.7. The van der Waals surface area contributed by atoms with Crippen LogP contribution >= 0.6 is 11.3 Å². The van der Waals surface area contributed by atoms with Crippen molar-refractivity contribution in [3.05, 3.63) is 28.0 Å². The van der Waals surface area contributed by atoms with Crippen LogP contribution in [0.25, 0.3) is 6.08 Å². The Morgan fingerprint density at radius 3 is 2.52 bits per heavy atom. The molecule has 1 aromatic heterocycles. The summed E-state index contributed by atoms with van der Waals surface area (Å²) >= 11 is 1.19. The molecule has 8 heteroatoms. The average molecular weight is 311 g/mol. The number of amides is 3. The van der Waals surface area contributed by atoms with E-state index in [1.807, 2.05) is 0 Å². The molecule has 1 rings (SSSR count). The van der Waals surface area contributed by atoms with Crippen LogP contribution in [0.1, 0.15) is 14.5 Å². The molecular weight excluding hydrogens is 294 g/mol. The van der Waals surface area contributed by atoms with Crippen LogP contribution in [-0.2, 0) is 4.79 Å². The SMILES string of the molecule is CN(C)C(=O)NCCNC(=O)c1ccc(/C=C/C(=O)O)s1. The number of nitrogens with zero attached hydrogens (tertiary/aromatic N) is 1. The molecule has 0 fully saturated rings. The van der Waals surface area contributed by atoms with Crippen LogP contribution in [0.5, 0.6) is 0 Å². The Labute approximate surface area is 126 Å². The number of urea groups is 1. The summed E-state index contributed by atoms with van der Waals surface area (Å²) < 4.78 is 0. The lowest BCUT2D eigenvalue weighted by Gasteiger charge is -2.11. The second-order valence-corrected chi connectivity index (χ2v) is 5.37. The van der Waals surface area contributed by atoms with Gasteiger partial charge in [0.2, 0.25) is 0 Å². The van der Waals surface area contributed by atoms with Crippen molar-refractivity contribution < 1.29 is 19.5 Å². The molecule has 1 heterocycles. The number of aliphatic carboxylic acids is 1. The summed E-state index contributed by atoms with van der Waals surface area (Å²) in [6, 6.07) is 3.08. The van der Waals surface area contributed by atoms with Gasteiger partial charge in [0.15, 0.2) is 0 Å². The van der Waals surface area contributed by atoms with Crippen molar-refractivity contribution in [1.82, 2.24) is 15.5 Å². The Bertz CT molecular complexity index is 551. The normalized spacial score (nSPS) is 10.4. The molecule has 3 N–H and O–H groups in total. The highest BCUT2D eigenvalue weighted by Gasteiger charge is 2.08. The number of carboxylic acid groups (broad SMARTS) is 1. The summed E-state index contributed by atoms with van der Waals surface area (Å²) in [5, 5.41) is 13.8. The summed E-state index contributed by atoms with van der Waals surface area (Å²) in [6.07, 6.45) is 2.45. The maximum atomic E-state index is 11.8. The van der Waals surface area contributed by atoms with Crippen molar-refractivity contribution in [1.29, 1.82) is 0 Å². The second kappa shape index (κ2) is 8.05. The number of thiophene rings is 1. The fraction of sp³-hybridized carbons (Fsp3) is 0.308. The maximum Gasteiger partial charge on any atom is 0.328 e. The molecule has 0 spiro atoms. The van der Waals surface area contributed by atoms with Gasteiger partial charge in [0, 0.05) is 38.1 Å². The van der Waals surface area contributed by atoms with Gasteiger partial charge in [-0.1, -0.05) is 0 Å². The molecule has 7 nitrogen and oxygen atoms in total. The van der Waals surface area contributed by atoms with E-state index in [1.165, 1.54) is 22.3 Å². The highest BCUT2D eigenvalue weighted by molar-refractivity contribution is 7.14. The number of hydrogen-bond donors (Lipinski definition) is 3. The van der Waals surface area contributed by atoms with Crippen molar-refractivity contribution in [3.8, 4) is 0 Å².